The molecule has 2 nitrogen and oxygen atoms in total. The Morgan fingerprint density at radius 1 is 1.29 bits per heavy atom. The number of hydrogen-bond donors (Lipinski definition) is 1. The van der Waals surface area contributed by atoms with Gasteiger partial charge in [0.2, 0.25) is 0 Å². The zero-order valence-electron chi connectivity index (χ0n) is 9.43. The van der Waals surface area contributed by atoms with E-state index in [-0.39, 0.29) is 12.0 Å². The molecule has 1 N–H and O–H groups in total. The standard InChI is InChI=1S/C10H21F2NO/c1-10(2,3)8(14)5-6-13(4)7-9(11)12/h8-9,14H,5-7H2,1-4H3. The average molecular weight is 209 g/mol. The van der Waals surface area contributed by atoms with E-state index in [1.165, 1.54) is 0 Å². The number of halogens is 2. The SMILES string of the molecule is CN(CCC(O)C(C)(C)C)CC(F)F. The Bertz CT molecular complexity index is 157. The van der Waals surface area contributed by atoms with Crippen molar-refractivity contribution in [2.24, 2.45) is 5.41 Å². The summed E-state index contributed by atoms with van der Waals surface area (Å²) in [4.78, 5) is 1.54. The smallest absolute Gasteiger partial charge is 0.251 e. The van der Waals surface area contributed by atoms with E-state index < -0.39 is 12.5 Å². The lowest BCUT2D eigenvalue weighted by Crippen LogP contribution is -2.32. The Hall–Kier alpha value is -0.220. The third-order valence-electron chi connectivity index (χ3n) is 2.23. The molecule has 1 unspecified atom stereocenters. The van der Waals surface area contributed by atoms with Crippen LogP contribution in [-0.2, 0) is 0 Å². The van der Waals surface area contributed by atoms with Crippen LogP contribution in [0.1, 0.15) is 27.2 Å². The van der Waals surface area contributed by atoms with Gasteiger partial charge in [-0.3, -0.25) is 0 Å². The van der Waals surface area contributed by atoms with Crippen molar-refractivity contribution in [1.82, 2.24) is 4.90 Å². The van der Waals surface area contributed by atoms with Crippen molar-refractivity contribution in [2.45, 2.75) is 39.7 Å². The van der Waals surface area contributed by atoms with E-state index in [1.54, 1.807) is 11.9 Å². The highest BCUT2D eigenvalue weighted by Gasteiger charge is 2.22. The molecular weight excluding hydrogens is 188 g/mol. The van der Waals surface area contributed by atoms with E-state index >= 15 is 0 Å². The van der Waals surface area contributed by atoms with Crippen LogP contribution in [0.5, 0.6) is 0 Å². The van der Waals surface area contributed by atoms with Crippen molar-refractivity contribution in [2.75, 3.05) is 20.1 Å². The first-order valence-electron chi connectivity index (χ1n) is 4.88. The number of nitrogens with zero attached hydrogens (tertiary/aromatic N) is 1. The molecular formula is C10H21F2NO. The first kappa shape index (κ1) is 13.8. The van der Waals surface area contributed by atoms with E-state index in [0.29, 0.717) is 13.0 Å². The molecule has 0 aliphatic rings. The highest BCUT2D eigenvalue weighted by molar-refractivity contribution is 4.73. The normalized spacial score (nSPS) is 15.2. The molecule has 0 aromatic carbocycles. The predicted molar refractivity (Wildman–Crippen MR) is 53.6 cm³/mol. The fourth-order valence-electron chi connectivity index (χ4n) is 1.10. The quantitative estimate of drug-likeness (QED) is 0.748. The van der Waals surface area contributed by atoms with Crippen LogP contribution in [0.25, 0.3) is 0 Å². The van der Waals surface area contributed by atoms with Gasteiger partial charge in [0.1, 0.15) is 0 Å². The summed E-state index contributed by atoms with van der Waals surface area (Å²) >= 11 is 0. The third-order valence-corrected chi connectivity index (χ3v) is 2.23. The lowest BCUT2D eigenvalue weighted by molar-refractivity contribution is 0.0393. The minimum absolute atomic E-state index is 0.175. The first-order chi connectivity index (χ1) is 6.23. The van der Waals surface area contributed by atoms with Gasteiger partial charge in [-0.25, -0.2) is 8.78 Å². The predicted octanol–water partition coefficient (Wildman–Crippen LogP) is 1.98. The maximum absolute atomic E-state index is 11.9. The number of aliphatic hydroxyl groups is 1. The highest BCUT2D eigenvalue weighted by atomic mass is 19.3. The molecule has 0 saturated heterocycles. The second-order valence-electron chi connectivity index (χ2n) is 4.82. The molecule has 0 bridgehead atoms. The molecule has 0 radical (unpaired) electrons. The van der Waals surface area contributed by atoms with Crippen LogP contribution in [-0.4, -0.2) is 42.7 Å². The van der Waals surface area contributed by atoms with Crippen LogP contribution in [0.3, 0.4) is 0 Å². The van der Waals surface area contributed by atoms with Crippen molar-refractivity contribution >= 4 is 0 Å². The van der Waals surface area contributed by atoms with E-state index in [1.807, 2.05) is 20.8 Å². The second-order valence-corrected chi connectivity index (χ2v) is 4.82. The molecule has 0 aromatic rings. The van der Waals surface area contributed by atoms with Gasteiger partial charge in [-0.2, -0.15) is 0 Å². The minimum atomic E-state index is -2.30. The molecule has 0 heterocycles. The van der Waals surface area contributed by atoms with Crippen LogP contribution in [0.4, 0.5) is 8.78 Å². The van der Waals surface area contributed by atoms with Crippen molar-refractivity contribution in [1.29, 1.82) is 0 Å². The van der Waals surface area contributed by atoms with E-state index in [0.717, 1.165) is 0 Å². The van der Waals surface area contributed by atoms with Crippen LogP contribution in [0.15, 0.2) is 0 Å². The van der Waals surface area contributed by atoms with Crippen LogP contribution in [0, 0.1) is 5.41 Å². The fourth-order valence-corrected chi connectivity index (χ4v) is 1.10. The Morgan fingerprint density at radius 3 is 2.14 bits per heavy atom. The number of aliphatic hydroxyl groups excluding tert-OH is 1. The van der Waals surface area contributed by atoms with Gasteiger partial charge in [0.25, 0.3) is 6.43 Å². The Balaban J connectivity index is 3.72. The van der Waals surface area contributed by atoms with Gasteiger partial charge in [-0.1, -0.05) is 20.8 Å². The summed E-state index contributed by atoms with van der Waals surface area (Å²) in [7, 11) is 1.64. The van der Waals surface area contributed by atoms with Crippen molar-refractivity contribution < 1.29 is 13.9 Å². The zero-order valence-corrected chi connectivity index (χ0v) is 9.43. The topological polar surface area (TPSA) is 23.5 Å². The Kier molecular flexibility index (Phi) is 5.52. The largest absolute Gasteiger partial charge is 0.393 e. The third kappa shape index (κ3) is 6.27. The van der Waals surface area contributed by atoms with E-state index in [2.05, 4.69) is 0 Å². The highest BCUT2D eigenvalue weighted by Crippen LogP contribution is 2.21. The maximum Gasteiger partial charge on any atom is 0.251 e. The molecule has 86 valence electrons. The summed E-state index contributed by atoms with van der Waals surface area (Å²) in [5, 5.41) is 9.65. The van der Waals surface area contributed by atoms with Crippen LogP contribution in [0.2, 0.25) is 0 Å². The maximum atomic E-state index is 11.9. The monoisotopic (exact) mass is 209 g/mol. The summed E-state index contributed by atoms with van der Waals surface area (Å²) in [5.74, 6) is 0. The van der Waals surface area contributed by atoms with Crippen molar-refractivity contribution in [3.63, 3.8) is 0 Å². The molecule has 0 fully saturated rings. The molecule has 0 aliphatic heterocycles. The van der Waals surface area contributed by atoms with Gasteiger partial charge in [0.15, 0.2) is 0 Å². The lowest BCUT2D eigenvalue weighted by atomic mass is 9.87. The second kappa shape index (κ2) is 5.61. The molecule has 1 atom stereocenters. The summed E-state index contributed by atoms with van der Waals surface area (Å²) in [6.45, 7) is 6.08. The number of rotatable bonds is 5. The van der Waals surface area contributed by atoms with E-state index in [4.69, 9.17) is 0 Å². The molecule has 0 amide bonds. The fraction of sp³-hybridized carbons (Fsp3) is 1.00. The summed E-state index contributed by atoms with van der Waals surface area (Å²) in [5.41, 5.74) is -0.175. The number of hydrogen-bond acceptors (Lipinski definition) is 2. The van der Waals surface area contributed by atoms with Gasteiger partial charge in [-0.05, 0) is 18.9 Å². The van der Waals surface area contributed by atoms with E-state index in [9.17, 15) is 13.9 Å². The summed E-state index contributed by atoms with van der Waals surface area (Å²) in [6.07, 6.45) is -2.21. The number of alkyl halides is 2. The molecule has 0 saturated carbocycles. The van der Waals surface area contributed by atoms with Crippen LogP contribution >= 0.6 is 0 Å². The zero-order chi connectivity index (χ0) is 11.4. The van der Waals surface area contributed by atoms with Gasteiger partial charge < -0.3 is 10.0 Å². The van der Waals surface area contributed by atoms with Gasteiger partial charge >= 0.3 is 0 Å². The Labute approximate surface area is 84.9 Å². The average Bonchev–Trinajstić information content (AvgIpc) is 1.96. The summed E-state index contributed by atoms with van der Waals surface area (Å²) in [6, 6.07) is 0. The van der Waals surface area contributed by atoms with Gasteiger partial charge in [0.05, 0.1) is 12.6 Å². The van der Waals surface area contributed by atoms with Gasteiger partial charge in [0, 0.05) is 6.54 Å². The van der Waals surface area contributed by atoms with Crippen LogP contribution < -0.4 is 0 Å². The summed E-state index contributed by atoms with van der Waals surface area (Å²) < 4.78 is 23.9. The lowest BCUT2D eigenvalue weighted by Gasteiger charge is -2.27. The molecule has 0 rings (SSSR count). The minimum Gasteiger partial charge on any atom is -0.393 e. The Morgan fingerprint density at radius 2 is 1.79 bits per heavy atom. The first-order valence-corrected chi connectivity index (χ1v) is 4.88. The van der Waals surface area contributed by atoms with Crippen molar-refractivity contribution in [3.8, 4) is 0 Å². The molecule has 0 aromatic heterocycles. The molecule has 0 spiro atoms. The van der Waals surface area contributed by atoms with Crippen molar-refractivity contribution in [3.05, 3.63) is 0 Å². The van der Waals surface area contributed by atoms with Gasteiger partial charge in [-0.15, -0.1) is 0 Å². The molecule has 14 heavy (non-hydrogen) atoms. The molecule has 4 heteroatoms. The molecule has 0 aliphatic carbocycles.